The normalized spacial score (nSPS) is 26.3. The van der Waals surface area contributed by atoms with Crippen molar-refractivity contribution < 1.29 is 33.6 Å². The largest absolute Gasteiger partial charge is 0.491 e. The van der Waals surface area contributed by atoms with Crippen LogP contribution in [0.2, 0.25) is 18.1 Å². The molecule has 0 amide bonds. The summed E-state index contributed by atoms with van der Waals surface area (Å²) >= 11 is 0. The maximum absolute atomic E-state index is 11.2. The highest BCUT2D eigenvalue weighted by Crippen LogP contribution is 2.42. The summed E-state index contributed by atoms with van der Waals surface area (Å²) in [6.07, 6.45) is 11.0. The van der Waals surface area contributed by atoms with Crippen LogP contribution in [0.15, 0.2) is 42.5 Å². The second-order valence-electron chi connectivity index (χ2n) is 13.3. The number of carboxylic acids is 1. The fraction of sp³-hybridized carbons (Fsp3) is 0.727. The molecular weight excluding hydrogens is 536 g/mol. The van der Waals surface area contributed by atoms with Gasteiger partial charge in [-0.25, -0.2) is 0 Å². The zero-order valence-electron chi connectivity index (χ0n) is 25.9. The lowest BCUT2D eigenvalue weighted by molar-refractivity contribution is -0.196. The van der Waals surface area contributed by atoms with Crippen LogP contribution in [0.5, 0.6) is 5.75 Å². The smallest absolute Gasteiger partial charge is 0.303 e. The Morgan fingerprint density at radius 2 is 1.90 bits per heavy atom. The van der Waals surface area contributed by atoms with E-state index in [-0.39, 0.29) is 41.8 Å². The molecule has 2 N–H and O–H groups in total. The van der Waals surface area contributed by atoms with Crippen molar-refractivity contribution in [1.29, 1.82) is 0 Å². The first-order valence-corrected chi connectivity index (χ1v) is 18.5. The molecule has 7 nitrogen and oxygen atoms in total. The summed E-state index contributed by atoms with van der Waals surface area (Å²) in [4.78, 5) is 10.8. The van der Waals surface area contributed by atoms with Crippen molar-refractivity contribution in [3.8, 4) is 5.75 Å². The minimum Gasteiger partial charge on any atom is -0.491 e. The van der Waals surface area contributed by atoms with E-state index in [1.807, 2.05) is 30.3 Å². The highest BCUT2D eigenvalue weighted by atomic mass is 28.4. The molecule has 0 spiro atoms. The Morgan fingerprint density at radius 3 is 2.56 bits per heavy atom. The summed E-state index contributed by atoms with van der Waals surface area (Å²) in [6, 6.07) is 9.90. The minimum absolute atomic E-state index is 0.0624. The molecule has 0 radical (unpaired) electrons. The summed E-state index contributed by atoms with van der Waals surface area (Å²) in [6.45, 7) is 12.6. The number of rotatable bonds is 16. The lowest BCUT2D eigenvalue weighted by Crippen LogP contribution is -2.45. The zero-order valence-corrected chi connectivity index (χ0v) is 26.9. The predicted molar refractivity (Wildman–Crippen MR) is 165 cm³/mol. The molecule has 1 aliphatic carbocycles. The monoisotopic (exact) mass is 590 g/mol. The highest BCUT2D eigenvalue weighted by Gasteiger charge is 2.44. The molecule has 0 bridgehead atoms. The maximum atomic E-state index is 11.2. The molecule has 1 saturated heterocycles. The average molecular weight is 591 g/mol. The van der Waals surface area contributed by atoms with E-state index in [0.29, 0.717) is 19.4 Å². The first-order chi connectivity index (χ1) is 19.5. The maximum Gasteiger partial charge on any atom is 0.303 e. The molecule has 1 aromatic rings. The van der Waals surface area contributed by atoms with Crippen LogP contribution >= 0.6 is 0 Å². The number of para-hydroxylation sites is 1. The average Bonchev–Trinajstić information content (AvgIpc) is 3.21. The molecule has 1 aromatic carbocycles. The second-order valence-corrected chi connectivity index (χ2v) is 18.1. The van der Waals surface area contributed by atoms with Crippen LogP contribution in [0.25, 0.3) is 0 Å². The number of ether oxygens (including phenoxy) is 3. The number of carbonyl (C=O) groups is 1. The molecule has 2 unspecified atom stereocenters. The van der Waals surface area contributed by atoms with Gasteiger partial charge in [0.05, 0.1) is 18.3 Å². The Hall–Kier alpha value is -1.71. The van der Waals surface area contributed by atoms with Crippen LogP contribution < -0.4 is 4.74 Å². The number of aliphatic hydroxyl groups is 1. The third-order valence-electron chi connectivity index (χ3n) is 9.06. The van der Waals surface area contributed by atoms with Crippen molar-refractivity contribution >= 4 is 14.3 Å². The summed E-state index contributed by atoms with van der Waals surface area (Å²) in [5, 5.41) is 20.1. The zero-order chi connectivity index (χ0) is 29.9. The molecule has 1 heterocycles. The number of aliphatic hydroxyl groups excluding tert-OH is 1. The van der Waals surface area contributed by atoms with E-state index in [1.165, 1.54) is 0 Å². The Morgan fingerprint density at radius 1 is 1.15 bits per heavy atom. The van der Waals surface area contributed by atoms with E-state index in [2.05, 4.69) is 46.0 Å². The summed E-state index contributed by atoms with van der Waals surface area (Å²) in [5.74, 6) is 0.318. The van der Waals surface area contributed by atoms with Gasteiger partial charge in [0.1, 0.15) is 12.4 Å². The van der Waals surface area contributed by atoms with Crippen LogP contribution in [0.4, 0.5) is 0 Å². The van der Waals surface area contributed by atoms with Gasteiger partial charge in [-0.15, -0.1) is 0 Å². The van der Waals surface area contributed by atoms with Gasteiger partial charge in [0.15, 0.2) is 14.6 Å². The number of benzene rings is 1. The van der Waals surface area contributed by atoms with Gasteiger partial charge >= 0.3 is 5.97 Å². The second kappa shape index (κ2) is 16.2. The van der Waals surface area contributed by atoms with Gasteiger partial charge in [-0.2, -0.15) is 0 Å². The third-order valence-corrected chi connectivity index (χ3v) is 13.6. The van der Waals surface area contributed by atoms with Crippen molar-refractivity contribution in [2.75, 3.05) is 13.2 Å². The summed E-state index contributed by atoms with van der Waals surface area (Å²) in [5.41, 5.74) is 0. The number of aliphatic carboxylic acids is 1. The lowest BCUT2D eigenvalue weighted by atomic mass is 9.86. The number of unbranched alkanes of at least 4 members (excludes halogenated alkanes) is 1. The molecule has 1 aliphatic heterocycles. The third kappa shape index (κ3) is 11.1. The molecule has 232 valence electrons. The molecule has 41 heavy (non-hydrogen) atoms. The SMILES string of the molecule is CC(C)(C)[Si](C)(C)O[C@@H](CC[C@H]1C(OC2CCCCO2)C[C@H](O)[C@@H]1CC=CCCCC(=O)O)COc1ccccc1. The predicted octanol–water partition coefficient (Wildman–Crippen LogP) is 7.35. The van der Waals surface area contributed by atoms with Crippen molar-refractivity contribution in [2.24, 2.45) is 11.8 Å². The standard InChI is InChI=1S/C33H54O7Si/c1-33(2,3)41(4,5)40-26(24-38-25-15-9-8-10-16-25)20-21-28-27(17-11-6-7-12-18-31(35)36)29(34)23-30(28)39-32-19-13-14-22-37-32/h6,8-11,15-16,26-30,32,34H,7,12-14,17-24H2,1-5H3,(H,35,36)/t26-,27+,28+,29-,30?,32?/m0/s1. The lowest BCUT2D eigenvalue weighted by Gasteiger charge is -2.39. The molecule has 0 aromatic heterocycles. The highest BCUT2D eigenvalue weighted by molar-refractivity contribution is 6.74. The van der Waals surface area contributed by atoms with E-state index in [4.69, 9.17) is 23.7 Å². The van der Waals surface area contributed by atoms with Crippen LogP contribution in [-0.2, 0) is 18.7 Å². The van der Waals surface area contributed by atoms with E-state index < -0.39 is 20.4 Å². The molecule has 1 saturated carbocycles. The van der Waals surface area contributed by atoms with Crippen molar-refractivity contribution in [1.82, 2.24) is 0 Å². The van der Waals surface area contributed by atoms with Crippen molar-refractivity contribution in [3.05, 3.63) is 42.5 Å². The van der Waals surface area contributed by atoms with Crippen LogP contribution in [0.1, 0.15) is 85.0 Å². The number of hydrogen-bond donors (Lipinski definition) is 2. The molecule has 2 aliphatic rings. The quantitative estimate of drug-likeness (QED) is 0.118. The van der Waals surface area contributed by atoms with Gasteiger partial charge in [-0.1, -0.05) is 51.1 Å². The number of hydrogen-bond acceptors (Lipinski definition) is 6. The van der Waals surface area contributed by atoms with E-state index in [1.54, 1.807) is 0 Å². The first kappa shape index (κ1) is 33.8. The van der Waals surface area contributed by atoms with Crippen molar-refractivity contribution in [2.45, 2.75) is 128 Å². The van der Waals surface area contributed by atoms with Gasteiger partial charge < -0.3 is 28.8 Å². The topological polar surface area (TPSA) is 94.5 Å². The molecule has 6 atom stereocenters. The number of carboxylic acid groups (broad SMARTS) is 1. The van der Waals surface area contributed by atoms with E-state index in [0.717, 1.165) is 57.3 Å². The minimum atomic E-state index is -2.04. The van der Waals surface area contributed by atoms with E-state index >= 15 is 0 Å². The molecule has 8 heteroatoms. The Labute approximate surface area is 248 Å². The Kier molecular flexibility index (Phi) is 13.4. The fourth-order valence-corrected chi connectivity index (χ4v) is 7.02. The Balaban J connectivity index is 1.71. The summed E-state index contributed by atoms with van der Waals surface area (Å²) < 4.78 is 25.5. The van der Waals surface area contributed by atoms with Gasteiger partial charge in [-0.3, -0.25) is 4.79 Å². The van der Waals surface area contributed by atoms with Gasteiger partial charge in [-0.05, 0) is 93.5 Å². The first-order valence-electron chi connectivity index (χ1n) is 15.6. The van der Waals surface area contributed by atoms with Gasteiger partial charge in [0.25, 0.3) is 0 Å². The Bertz CT molecular complexity index is 923. The summed E-state index contributed by atoms with van der Waals surface area (Å²) in [7, 11) is -2.04. The van der Waals surface area contributed by atoms with E-state index in [9.17, 15) is 9.90 Å². The van der Waals surface area contributed by atoms with Gasteiger partial charge in [0, 0.05) is 19.4 Å². The van der Waals surface area contributed by atoms with Crippen LogP contribution in [0, 0.1) is 11.8 Å². The molecular formula is C33H54O7Si. The van der Waals surface area contributed by atoms with Gasteiger partial charge in [0.2, 0.25) is 0 Å². The van der Waals surface area contributed by atoms with Crippen molar-refractivity contribution in [3.63, 3.8) is 0 Å². The fourth-order valence-electron chi connectivity index (χ4n) is 5.65. The van der Waals surface area contributed by atoms with Crippen LogP contribution in [-0.4, -0.2) is 62.3 Å². The van der Waals surface area contributed by atoms with Crippen LogP contribution in [0.3, 0.4) is 0 Å². The molecule has 3 rings (SSSR count). The number of allylic oxidation sites excluding steroid dienone is 2. The molecule has 2 fully saturated rings.